The molecule has 0 amide bonds. The van der Waals surface area contributed by atoms with Gasteiger partial charge in [-0.05, 0) is 73.6 Å². The van der Waals surface area contributed by atoms with Gasteiger partial charge in [-0.15, -0.1) is 17.6 Å². The van der Waals surface area contributed by atoms with Crippen LogP contribution in [0.2, 0.25) is 0 Å². The van der Waals surface area contributed by atoms with Crippen molar-refractivity contribution in [1.29, 1.82) is 0 Å². The van der Waals surface area contributed by atoms with Gasteiger partial charge in [0.15, 0.2) is 34.6 Å². The van der Waals surface area contributed by atoms with E-state index in [0.717, 1.165) is 22.5 Å². The van der Waals surface area contributed by atoms with E-state index in [2.05, 4.69) is 56.0 Å². The molecule has 0 unspecified atom stereocenters. The molecule has 2 aliphatic heterocycles. The quantitative estimate of drug-likeness (QED) is 0.187. The number of ether oxygens (including phenoxy) is 4. The van der Waals surface area contributed by atoms with Crippen molar-refractivity contribution < 1.29 is 36.5 Å². The second-order valence-corrected chi connectivity index (χ2v) is 12.9. The Morgan fingerprint density at radius 3 is 1.73 bits per heavy atom. The lowest BCUT2D eigenvalue weighted by atomic mass is 10.1. The molecule has 2 aromatic carbocycles. The third-order valence-corrected chi connectivity index (χ3v) is 9.14. The molecular weight excluding hydrogens is 644 g/mol. The number of aryl methyl sites for hydroxylation is 3. The minimum Gasteiger partial charge on any atom is -0.395 e. The Morgan fingerprint density at radius 2 is 1.18 bits per heavy atom. The van der Waals surface area contributed by atoms with E-state index in [0.29, 0.717) is 45.6 Å². The summed E-state index contributed by atoms with van der Waals surface area (Å²) in [6, 6.07) is 10.2. The maximum atomic E-state index is 13.2. The summed E-state index contributed by atoms with van der Waals surface area (Å²) in [7, 11) is 1.83. The molecule has 0 radical (unpaired) electrons. The van der Waals surface area contributed by atoms with Gasteiger partial charge in [0.25, 0.3) is 0 Å². The highest BCUT2D eigenvalue weighted by molar-refractivity contribution is 5.85. The molecule has 14 heteroatoms. The summed E-state index contributed by atoms with van der Waals surface area (Å²) >= 11 is 0. The van der Waals surface area contributed by atoms with E-state index in [1.807, 2.05) is 37.9 Å². The topological polar surface area (TPSA) is 109 Å². The Hall–Kier alpha value is -5.40. The summed E-state index contributed by atoms with van der Waals surface area (Å²) in [5.41, 5.74) is 8.51. The van der Waals surface area contributed by atoms with Crippen LogP contribution in [0, 0.1) is 13.8 Å². The van der Waals surface area contributed by atoms with E-state index in [9.17, 15) is 17.6 Å². The van der Waals surface area contributed by atoms with E-state index >= 15 is 0 Å². The summed E-state index contributed by atoms with van der Waals surface area (Å²) < 4.78 is 72.5. The van der Waals surface area contributed by atoms with Gasteiger partial charge < -0.3 is 28.5 Å². The number of rotatable bonds is 4. The van der Waals surface area contributed by atoms with Crippen LogP contribution < -0.4 is 18.9 Å². The number of benzene rings is 2. The molecule has 2 aliphatic carbocycles. The maximum Gasteiger partial charge on any atom is 0.586 e. The third-order valence-electron chi connectivity index (χ3n) is 9.14. The van der Waals surface area contributed by atoms with Gasteiger partial charge in [0, 0.05) is 43.7 Å². The fourth-order valence-electron chi connectivity index (χ4n) is 6.37. The summed E-state index contributed by atoms with van der Waals surface area (Å²) in [4.78, 5) is 21.3. The van der Waals surface area contributed by atoms with Gasteiger partial charge in [-0.2, -0.15) is 0 Å². The number of nitrogens with one attached hydrogen (secondary N) is 1. The van der Waals surface area contributed by atoms with Gasteiger partial charge in [0.1, 0.15) is 11.4 Å². The van der Waals surface area contributed by atoms with Crippen LogP contribution in [0.4, 0.5) is 17.6 Å². The molecule has 0 saturated heterocycles. The zero-order valence-corrected chi connectivity index (χ0v) is 26.5. The normalized spacial score (nSPS) is 18.2. The number of imidazole rings is 2. The number of halogens is 4. The van der Waals surface area contributed by atoms with Crippen LogP contribution in [0.15, 0.2) is 48.8 Å². The number of hydrogen-bond donors (Lipinski definition) is 1. The Morgan fingerprint density at radius 1 is 0.673 bits per heavy atom. The van der Waals surface area contributed by atoms with E-state index in [1.54, 1.807) is 0 Å². The first-order valence-corrected chi connectivity index (χ1v) is 15.9. The average molecular weight is 673 g/mol. The molecule has 250 valence electrons. The van der Waals surface area contributed by atoms with Crippen LogP contribution in [0.5, 0.6) is 23.0 Å². The molecular formula is C35H28F4N6O4. The standard InChI is InChI=1S/C18H15F2N3O2.C17H13F2N3O2/c1-9-5-11(10-3-4-10)8-21-16(9)17-22-12-6-14-15(7-13(12)23(17)2)25-18(19,20)24-14;1-8-4-10(9-2-3-9)7-20-15(8)16-21-11-5-13-14(6-12(11)22-16)24-17(18,19)23-13/h5-8,10H,3-4H2,1-2H3;4-7,9H,2-3H2,1H3,(H,21,22). The molecule has 10 rings (SSSR count). The lowest BCUT2D eigenvalue weighted by Gasteiger charge is -2.07. The second-order valence-electron chi connectivity index (χ2n) is 12.9. The van der Waals surface area contributed by atoms with E-state index < -0.39 is 12.6 Å². The van der Waals surface area contributed by atoms with Crippen molar-refractivity contribution in [3.8, 4) is 46.0 Å². The Kier molecular flexibility index (Phi) is 6.25. The minimum absolute atomic E-state index is 0.00328. The minimum atomic E-state index is -3.63. The number of nitrogens with zero attached hydrogens (tertiary/aromatic N) is 5. The Bertz CT molecular complexity index is 2280. The molecule has 0 atom stereocenters. The molecule has 1 N–H and O–H groups in total. The van der Waals surface area contributed by atoms with Gasteiger partial charge in [-0.1, -0.05) is 12.1 Å². The SMILES string of the molecule is Cc1cc(C2CC2)cnc1-c1nc2cc3c(cc2[nH]1)OC(F)(F)O3.Cc1cc(C2CC2)cnc1-c1nc2cc3c(cc2n1C)OC(F)(F)O3. The van der Waals surface area contributed by atoms with Gasteiger partial charge in [0.2, 0.25) is 0 Å². The first kappa shape index (κ1) is 29.7. The van der Waals surface area contributed by atoms with Crippen molar-refractivity contribution >= 4 is 22.1 Å². The monoisotopic (exact) mass is 672 g/mol. The highest BCUT2D eigenvalue weighted by Crippen LogP contribution is 2.46. The predicted molar refractivity (Wildman–Crippen MR) is 169 cm³/mol. The molecule has 2 fully saturated rings. The molecule has 10 nitrogen and oxygen atoms in total. The molecule has 4 aliphatic rings. The number of hydrogen-bond acceptors (Lipinski definition) is 8. The first-order chi connectivity index (χ1) is 23.4. The van der Waals surface area contributed by atoms with Crippen LogP contribution in [0.3, 0.4) is 0 Å². The number of H-pyrrole nitrogens is 1. The molecule has 0 spiro atoms. The van der Waals surface area contributed by atoms with Gasteiger partial charge >= 0.3 is 12.6 Å². The molecule has 4 aromatic heterocycles. The zero-order chi connectivity index (χ0) is 33.8. The number of alkyl halides is 4. The predicted octanol–water partition coefficient (Wildman–Crippen LogP) is 8.27. The first-order valence-electron chi connectivity index (χ1n) is 15.9. The number of aromatic amines is 1. The summed E-state index contributed by atoms with van der Waals surface area (Å²) in [6.07, 6.45) is 1.45. The Labute approximate surface area is 276 Å². The number of fused-ring (bicyclic) bond motifs is 4. The van der Waals surface area contributed by atoms with Crippen molar-refractivity contribution in [2.24, 2.45) is 7.05 Å². The largest absolute Gasteiger partial charge is 0.586 e. The Balaban J connectivity index is 0.000000133. The fourth-order valence-corrected chi connectivity index (χ4v) is 6.37. The highest BCUT2D eigenvalue weighted by Gasteiger charge is 2.45. The van der Waals surface area contributed by atoms with Crippen LogP contribution >= 0.6 is 0 Å². The molecule has 2 saturated carbocycles. The van der Waals surface area contributed by atoms with Crippen LogP contribution in [0.1, 0.15) is 59.8 Å². The van der Waals surface area contributed by atoms with Crippen LogP contribution in [-0.2, 0) is 7.05 Å². The molecule has 6 aromatic rings. The number of pyridine rings is 2. The highest BCUT2D eigenvalue weighted by atomic mass is 19.3. The van der Waals surface area contributed by atoms with Gasteiger partial charge in [-0.25, -0.2) is 9.97 Å². The molecule has 6 heterocycles. The third kappa shape index (κ3) is 5.35. The number of aromatic nitrogens is 6. The van der Waals surface area contributed by atoms with Crippen molar-refractivity contribution in [3.05, 3.63) is 71.0 Å². The lowest BCUT2D eigenvalue weighted by molar-refractivity contribution is -0.287. The maximum absolute atomic E-state index is 13.2. The lowest BCUT2D eigenvalue weighted by Crippen LogP contribution is -2.25. The van der Waals surface area contributed by atoms with Crippen molar-refractivity contribution in [2.75, 3.05) is 0 Å². The van der Waals surface area contributed by atoms with Gasteiger partial charge in [0.05, 0.1) is 22.1 Å². The molecule has 0 bridgehead atoms. The smallest absolute Gasteiger partial charge is 0.395 e. The summed E-state index contributed by atoms with van der Waals surface area (Å²) in [6.45, 7) is 4.01. The van der Waals surface area contributed by atoms with E-state index in [1.165, 1.54) is 61.1 Å². The van der Waals surface area contributed by atoms with Gasteiger partial charge in [-0.3, -0.25) is 9.97 Å². The fraction of sp³-hybridized carbons (Fsp3) is 0.314. The van der Waals surface area contributed by atoms with Crippen molar-refractivity contribution in [1.82, 2.24) is 29.5 Å². The van der Waals surface area contributed by atoms with Crippen molar-refractivity contribution in [3.63, 3.8) is 0 Å². The molecule has 49 heavy (non-hydrogen) atoms. The summed E-state index contributed by atoms with van der Waals surface area (Å²) in [5.74, 6) is 2.55. The van der Waals surface area contributed by atoms with E-state index in [-0.39, 0.29) is 23.0 Å². The zero-order valence-electron chi connectivity index (χ0n) is 26.5. The summed E-state index contributed by atoms with van der Waals surface area (Å²) in [5, 5.41) is 0. The van der Waals surface area contributed by atoms with E-state index in [4.69, 9.17) is 0 Å². The second kappa shape index (κ2) is 10.3. The van der Waals surface area contributed by atoms with Crippen LogP contribution in [0.25, 0.3) is 45.1 Å². The van der Waals surface area contributed by atoms with Crippen LogP contribution in [-0.4, -0.2) is 42.1 Å². The average Bonchev–Trinajstić information content (AvgIpc) is 3.95. The van der Waals surface area contributed by atoms with Crippen molar-refractivity contribution in [2.45, 2.75) is 64.0 Å².